The van der Waals surface area contributed by atoms with E-state index in [1.165, 1.54) is 0 Å². The van der Waals surface area contributed by atoms with Gasteiger partial charge in [0.05, 0.1) is 0 Å². The molecule has 36 valence electrons. The fraction of sp³-hybridized carbons (Fsp3) is 0. The van der Waals surface area contributed by atoms with E-state index in [0.29, 0.717) is 0 Å². The van der Waals surface area contributed by atoms with E-state index in [1.54, 1.807) is 0 Å². The van der Waals surface area contributed by atoms with Crippen molar-refractivity contribution >= 4 is 37.7 Å². The van der Waals surface area contributed by atoms with Gasteiger partial charge in [-0.05, 0) is 0 Å². The predicted octanol–water partition coefficient (Wildman–Crippen LogP) is -1.55. The molecule has 4 N–H and O–H groups in total. The molecule has 0 rings (SSSR count). The number of hydrogen-bond acceptors (Lipinski definition) is 3. The van der Waals surface area contributed by atoms with E-state index in [0.717, 1.165) is 0 Å². The van der Waals surface area contributed by atoms with Crippen LogP contribution in [0.3, 0.4) is 0 Å². The average Bonchev–Trinajstić information content (AvgIpc) is 0.811. The Hall–Kier alpha value is 1.36. The van der Waals surface area contributed by atoms with Gasteiger partial charge < -0.3 is 6.15 Å². The van der Waals surface area contributed by atoms with Gasteiger partial charge in [-0.15, -0.1) is 0 Å². The van der Waals surface area contributed by atoms with Gasteiger partial charge in [0, 0.05) is 0 Å². The van der Waals surface area contributed by atoms with Crippen LogP contribution in [0.15, 0.2) is 0 Å². The van der Waals surface area contributed by atoms with Gasteiger partial charge in [-0.2, -0.15) is 0 Å². The van der Waals surface area contributed by atoms with Gasteiger partial charge in [-0.3, -0.25) is 0 Å². The molecule has 0 saturated heterocycles. The van der Waals surface area contributed by atoms with E-state index in [9.17, 15) is 0 Å². The molecule has 0 aromatic heterocycles. The second-order valence-corrected chi connectivity index (χ2v) is 0.981. The second-order valence-electron chi connectivity index (χ2n) is 0.238. The normalized spacial score (nSPS) is 4.17. The van der Waals surface area contributed by atoms with Crippen LogP contribution < -0.4 is 6.15 Å². The predicted molar refractivity (Wildman–Crippen MR) is 17.2 cm³/mol. The minimum absolute atomic E-state index is 0. The summed E-state index contributed by atoms with van der Waals surface area (Å²) in [7, 11) is 0. The summed E-state index contributed by atoms with van der Waals surface area (Å²) in [5.74, 6) is 0. The van der Waals surface area contributed by atoms with Crippen LogP contribution in [-0.4, -0.2) is 41.8 Å². The quantitative estimate of drug-likeness (QED) is 0.418. The molecule has 0 spiro atoms. The van der Waals surface area contributed by atoms with Crippen molar-refractivity contribution < 1.29 is 26.8 Å². The van der Waals surface area contributed by atoms with Gasteiger partial charge in [0.15, 0.2) is 0 Å². The molecule has 0 aliphatic heterocycles. The molecule has 0 atom stereocenters. The zero-order valence-corrected chi connectivity index (χ0v) is 3.81. The third-order valence-electron chi connectivity index (χ3n) is 0. The van der Waals surface area contributed by atoms with Crippen LogP contribution in [0.5, 0.6) is 0 Å². The van der Waals surface area contributed by atoms with Crippen LogP contribution in [0.25, 0.3) is 0 Å². The summed E-state index contributed by atoms with van der Waals surface area (Å²) < 4.78 is 24.4. The van der Waals surface area contributed by atoms with Crippen molar-refractivity contribution in [1.82, 2.24) is 6.15 Å². The van der Waals surface area contributed by atoms with E-state index >= 15 is 0 Å². The first kappa shape index (κ1) is 15.7. The summed E-state index contributed by atoms with van der Waals surface area (Å²) >= 11 is -3.69. The molecule has 0 aliphatic rings. The summed E-state index contributed by atoms with van der Waals surface area (Å²) in [5.41, 5.74) is 0. The van der Waals surface area contributed by atoms with Gasteiger partial charge in [0.1, 0.15) is 0 Å². The molecule has 6 heteroatoms. The van der Waals surface area contributed by atoms with Crippen molar-refractivity contribution in [2.75, 3.05) is 0 Å². The van der Waals surface area contributed by atoms with Crippen LogP contribution in [0, 0.1) is 0 Å². The van der Waals surface area contributed by atoms with Crippen LogP contribution in [-0.2, 0) is 22.7 Å². The fourth-order valence-corrected chi connectivity index (χ4v) is 0. The monoisotopic (exact) mass is 159 g/mol. The van der Waals surface area contributed by atoms with Gasteiger partial charge in [-0.25, -0.2) is 0 Å². The summed E-state index contributed by atoms with van der Waals surface area (Å²) in [6.07, 6.45) is 0. The van der Waals surface area contributed by atoms with Crippen LogP contribution in [0.2, 0.25) is 0 Å². The molecule has 6 heavy (non-hydrogen) atoms. The molecule has 0 heterocycles. The van der Waals surface area contributed by atoms with E-state index in [4.69, 9.17) is 11.4 Å². The zero-order chi connectivity index (χ0) is 3.58. The Morgan fingerprint density at radius 1 is 1.33 bits per heavy atom. The Kier molecular flexibility index (Phi) is 25.1. The third kappa shape index (κ3) is 54.9. The molecule has 0 amide bonds. The summed E-state index contributed by atoms with van der Waals surface area (Å²) in [4.78, 5) is 0. The van der Waals surface area contributed by atoms with Crippen LogP contribution >= 0.6 is 0 Å². The molecule has 0 radical (unpaired) electrons. The molecular formula is H6CaNO3V. The van der Waals surface area contributed by atoms with E-state index in [1.807, 2.05) is 0 Å². The maximum absolute atomic E-state index is 8.67. The second kappa shape index (κ2) is 9.61. The third-order valence-corrected chi connectivity index (χ3v) is 0. The first-order valence-electron chi connectivity index (χ1n) is 0.565. The Morgan fingerprint density at radius 3 is 1.33 bits per heavy atom. The molecule has 0 aliphatic carbocycles. The Balaban J connectivity index is -0.0000000450. The van der Waals surface area contributed by atoms with Gasteiger partial charge in [-0.1, -0.05) is 0 Å². The van der Waals surface area contributed by atoms with Gasteiger partial charge in [0.2, 0.25) is 0 Å². The Bertz CT molecular complexity index is 59.2. The van der Waals surface area contributed by atoms with Crippen molar-refractivity contribution in [1.29, 1.82) is 0 Å². The van der Waals surface area contributed by atoms with Crippen LogP contribution in [0.1, 0.15) is 0 Å². The van der Waals surface area contributed by atoms with Crippen molar-refractivity contribution in [2.45, 2.75) is 0 Å². The molecular weight excluding hydrogens is 153 g/mol. The van der Waals surface area contributed by atoms with Crippen molar-refractivity contribution in [3.63, 3.8) is 0 Å². The minimum atomic E-state index is -3.69. The topological polar surface area (TPSA) is 89.4 Å². The van der Waals surface area contributed by atoms with E-state index in [-0.39, 0.29) is 43.9 Å². The fourth-order valence-electron chi connectivity index (χ4n) is 0. The molecule has 0 aromatic rings. The Labute approximate surface area is 69.9 Å². The molecule has 0 bridgehead atoms. The maximum atomic E-state index is 8.67. The van der Waals surface area contributed by atoms with Crippen molar-refractivity contribution in [2.24, 2.45) is 0 Å². The van der Waals surface area contributed by atoms with Gasteiger partial charge >= 0.3 is 64.5 Å². The van der Waals surface area contributed by atoms with E-state index in [2.05, 4.69) is 0 Å². The van der Waals surface area contributed by atoms with Crippen LogP contribution in [0.4, 0.5) is 0 Å². The van der Waals surface area contributed by atoms with Crippen molar-refractivity contribution in [3.8, 4) is 0 Å². The number of rotatable bonds is 0. The number of hydrogen-bond donors (Lipinski definition) is 2. The molecule has 0 unspecified atom stereocenters. The first-order chi connectivity index (χ1) is 1.73. The molecule has 0 saturated carbocycles. The molecule has 4 nitrogen and oxygen atoms in total. The summed E-state index contributed by atoms with van der Waals surface area (Å²) in [5, 5.41) is 0. The first-order valence-corrected chi connectivity index (χ1v) is 2.33. The molecule has 0 fully saturated rings. The van der Waals surface area contributed by atoms with Gasteiger partial charge in [0.25, 0.3) is 0 Å². The molecule has 0 aromatic carbocycles. The summed E-state index contributed by atoms with van der Waals surface area (Å²) in [6, 6.07) is 0. The summed E-state index contributed by atoms with van der Waals surface area (Å²) in [6.45, 7) is 0. The zero-order valence-electron chi connectivity index (χ0n) is 2.42. The van der Waals surface area contributed by atoms with Crippen molar-refractivity contribution in [3.05, 3.63) is 0 Å². The average molecular weight is 159 g/mol. The Morgan fingerprint density at radius 2 is 1.33 bits per heavy atom. The van der Waals surface area contributed by atoms with E-state index < -0.39 is 15.4 Å². The SMILES string of the molecule is N.[CaH2].[O]=[V](=[O])[OH]. The standard InChI is InChI=1S/Ca.H3N.H2O.2O.V.2H/h;1H3;1H2;;;;;/q;;;;;+1;;/p-1.